The predicted molar refractivity (Wildman–Crippen MR) is 100.0 cm³/mol. The van der Waals surface area contributed by atoms with E-state index < -0.39 is 0 Å². The van der Waals surface area contributed by atoms with Gasteiger partial charge in [0.25, 0.3) is 0 Å². The lowest BCUT2D eigenvalue weighted by Crippen LogP contribution is -2.12. The zero-order chi connectivity index (χ0) is 17.6. The fourth-order valence-corrected chi connectivity index (χ4v) is 3.38. The molecule has 3 aromatic rings. The molecule has 0 bridgehead atoms. The molecule has 0 saturated carbocycles. The standard InChI is InChI=1S/C19H20N4OS/c1-23-18(12-11-17(20)24)21-22-19(23)25-13-14-7-9-16(10-8-14)15-5-3-2-4-6-15/h2-10H,11-13H2,1H3,(H2,20,24). The van der Waals surface area contributed by atoms with Gasteiger partial charge in [-0.05, 0) is 16.7 Å². The number of hydrogen-bond donors (Lipinski definition) is 1. The van der Waals surface area contributed by atoms with Gasteiger partial charge < -0.3 is 10.3 Å². The van der Waals surface area contributed by atoms with Gasteiger partial charge in [0, 0.05) is 25.6 Å². The van der Waals surface area contributed by atoms with Gasteiger partial charge in [-0.1, -0.05) is 66.4 Å². The van der Waals surface area contributed by atoms with Crippen molar-refractivity contribution < 1.29 is 4.79 Å². The Morgan fingerprint density at radius 2 is 1.72 bits per heavy atom. The fourth-order valence-electron chi connectivity index (χ4n) is 2.50. The number of nitrogens with zero attached hydrogens (tertiary/aromatic N) is 3. The molecular weight excluding hydrogens is 332 g/mol. The van der Waals surface area contributed by atoms with Crippen LogP contribution in [0, 0.1) is 0 Å². The molecule has 0 atom stereocenters. The first-order valence-electron chi connectivity index (χ1n) is 8.07. The molecule has 0 radical (unpaired) electrons. The quantitative estimate of drug-likeness (QED) is 0.663. The van der Waals surface area contributed by atoms with Crippen LogP contribution in [0.5, 0.6) is 0 Å². The number of thioether (sulfide) groups is 1. The van der Waals surface area contributed by atoms with E-state index in [1.807, 2.05) is 29.8 Å². The van der Waals surface area contributed by atoms with Crippen molar-refractivity contribution in [1.29, 1.82) is 0 Å². The molecule has 128 valence electrons. The lowest BCUT2D eigenvalue weighted by atomic mass is 10.0. The van der Waals surface area contributed by atoms with Crippen LogP contribution in [0.15, 0.2) is 59.8 Å². The van der Waals surface area contributed by atoms with Crippen LogP contribution in [0.2, 0.25) is 0 Å². The van der Waals surface area contributed by atoms with Gasteiger partial charge >= 0.3 is 0 Å². The number of aromatic nitrogens is 3. The minimum atomic E-state index is -0.323. The van der Waals surface area contributed by atoms with Crippen molar-refractivity contribution in [2.24, 2.45) is 12.8 Å². The molecule has 2 N–H and O–H groups in total. The van der Waals surface area contributed by atoms with Crippen LogP contribution in [0.3, 0.4) is 0 Å². The summed E-state index contributed by atoms with van der Waals surface area (Å²) in [6, 6.07) is 18.9. The van der Waals surface area contributed by atoms with Gasteiger partial charge in [-0.3, -0.25) is 4.79 Å². The molecule has 1 amide bonds. The molecule has 0 spiro atoms. The second-order valence-corrected chi connectivity index (χ2v) is 6.72. The molecule has 1 heterocycles. The third-order valence-electron chi connectivity index (χ3n) is 3.95. The van der Waals surface area contributed by atoms with Crippen molar-refractivity contribution in [1.82, 2.24) is 14.8 Å². The van der Waals surface area contributed by atoms with Crippen LogP contribution >= 0.6 is 11.8 Å². The Kier molecular flexibility index (Phi) is 5.50. The van der Waals surface area contributed by atoms with Crippen molar-refractivity contribution in [2.45, 2.75) is 23.8 Å². The van der Waals surface area contributed by atoms with Crippen molar-refractivity contribution >= 4 is 17.7 Å². The van der Waals surface area contributed by atoms with Crippen molar-refractivity contribution in [3.8, 4) is 11.1 Å². The van der Waals surface area contributed by atoms with Crippen molar-refractivity contribution in [3.63, 3.8) is 0 Å². The van der Waals surface area contributed by atoms with E-state index in [1.165, 1.54) is 16.7 Å². The van der Waals surface area contributed by atoms with Gasteiger partial charge in [-0.25, -0.2) is 0 Å². The van der Waals surface area contributed by atoms with Crippen LogP contribution in [0.25, 0.3) is 11.1 Å². The zero-order valence-corrected chi connectivity index (χ0v) is 14.9. The van der Waals surface area contributed by atoms with Crippen LogP contribution in [0.1, 0.15) is 17.8 Å². The lowest BCUT2D eigenvalue weighted by Gasteiger charge is -2.05. The van der Waals surface area contributed by atoms with Crippen LogP contribution in [-0.2, 0) is 24.0 Å². The molecule has 2 aromatic carbocycles. The summed E-state index contributed by atoms with van der Waals surface area (Å²) in [5.41, 5.74) is 8.84. The van der Waals surface area contributed by atoms with Crippen LogP contribution in [-0.4, -0.2) is 20.7 Å². The minimum Gasteiger partial charge on any atom is -0.370 e. The van der Waals surface area contributed by atoms with E-state index in [0.29, 0.717) is 6.42 Å². The van der Waals surface area contributed by atoms with Gasteiger partial charge in [0.15, 0.2) is 5.16 Å². The molecule has 0 aliphatic heterocycles. The third-order valence-corrected chi connectivity index (χ3v) is 5.04. The highest BCUT2D eigenvalue weighted by molar-refractivity contribution is 7.98. The largest absolute Gasteiger partial charge is 0.370 e. The molecule has 0 saturated heterocycles. The fraction of sp³-hybridized carbons (Fsp3) is 0.211. The van der Waals surface area contributed by atoms with E-state index >= 15 is 0 Å². The van der Waals surface area contributed by atoms with E-state index in [-0.39, 0.29) is 12.3 Å². The average Bonchev–Trinajstić information content (AvgIpc) is 2.99. The maximum Gasteiger partial charge on any atom is 0.217 e. The number of primary amides is 1. The number of hydrogen-bond acceptors (Lipinski definition) is 4. The maximum absolute atomic E-state index is 10.9. The summed E-state index contributed by atoms with van der Waals surface area (Å²) in [7, 11) is 1.91. The highest BCUT2D eigenvalue weighted by Crippen LogP contribution is 2.24. The van der Waals surface area contributed by atoms with Crippen LogP contribution in [0.4, 0.5) is 0 Å². The van der Waals surface area contributed by atoms with E-state index in [9.17, 15) is 4.79 Å². The Hall–Kier alpha value is -2.60. The summed E-state index contributed by atoms with van der Waals surface area (Å²) in [5.74, 6) is 1.27. The number of amides is 1. The number of rotatable bonds is 7. The second-order valence-electron chi connectivity index (χ2n) is 5.78. The van der Waals surface area contributed by atoms with Gasteiger partial charge in [-0.15, -0.1) is 10.2 Å². The van der Waals surface area contributed by atoms with Gasteiger partial charge in [0.1, 0.15) is 5.82 Å². The number of aryl methyl sites for hydroxylation is 1. The molecule has 1 aromatic heterocycles. The normalized spacial score (nSPS) is 10.8. The molecule has 3 rings (SSSR count). The van der Waals surface area contributed by atoms with Crippen LogP contribution < -0.4 is 5.73 Å². The first-order chi connectivity index (χ1) is 12.1. The average molecular weight is 352 g/mol. The highest BCUT2D eigenvalue weighted by Gasteiger charge is 2.10. The Bertz CT molecular complexity index is 844. The SMILES string of the molecule is Cn1c(CCC(N)=O)nnc1SCc1ccc(-c2ccccc2)cc1. The van der Waals surface area contributed by atoms with Crippen molar-refractivity contribution in [2.75, 3.05) is 0 Å². The maximum atomic E-state index is 10.9. The molecule has 0 aliphatic rings. The first kappa shape index (κ1) is 17.2. The topological polar surface area (TPSA) is 73.8 Å². The minimum absolute atomic E-state index is 0.289. The molecule has 5 nitrogen and oxygen atoms in total. The van der Waals surface area contributed by atoms with E-state index in [1.54, 1.807) is 11.8 Å². The Morgan fingerprint density at radius 3 is 2.40 bits per heavy atom. The molecule has 25 heavy (non-hydrogen) atoms. The van der Waals surface area contributed by atoms with E-state index in [4.69, 9.17) is 5.73 Å². The number of benzene rings is 2. The molecular formula is C19H20N4OS. The van der Waals surface area contributed by atoms with E-state index in [0.717, 1.165) is 16.7 Å². The van der Waals surface area contributed by atoms with Crippen molar-refractivity contribution in [3.05, 3.63) is 66.0 Å². The van der Waals surface area contributed by atoms with Gasteiger partial charge in [0.2, 0.25) is 5.91 Å². The van der Waals surface area contributed by atoms with Gasteiger partial charge in [-0.2, -0.15) is 0 Å². The number of carbonyl (C=O) groups is 1. The number of nitrogens with two attached hydrogens (primary N) is 1. The summed E-state index contributed by atoms with van der Waals surface area (Å²) in [5, 5.41) is 9.18. The Balaban J connectivity index is 1.61. The molecule has 0 unspecified atom stereocenters. The predicted octanol–water partition coefficient (Wildman–Crippen LogP) is 3.19. The Labute approximate surface area is 151 Å². The third kappa shape index (κ3) is 4.48. The zero-order valence-electron chi connectivity index (χ0n) is 14.1. The highest BCUT2D eigenvalue weighted by atomic mass is 32.2. The second kappa shape index (κ2) is 7.98. The summed E-state index contributed by atoms with van der Waals surface area (Å²) in [4.78, 5) is 10.9. The number of carbonyl (C=O) groups excluding carboxylic acids is 1. The summed E-state index contributed by atoms with van der Waals surface area (Å²) < 4.78 is 1.92. The summed E-state index contributed by atoms with van der Waals surface area (Å²) in [6.45, 7) is 0. The lowest BCUT2D eigenvalue weighted by molar-refractivity contribution is -0.118. The van der Waals surface area contributed by atoms with E-state index in [2.05, 4.69) is 46.6 Å². The molecule has 0 fully saturated rings. The van der Waals surface area contributed by atoms with Gasteiger partial charge in [0.05, 0.1) is 0 Å². The Morgan fingerprint density at radius 1 is 1.04 bits per heavy atom. The molecule has 6 heteroatoms. The first-order valence-corrected chi connectivity index (χ1v) is 9.06. The summed E-state index contributed by atoms with van der Waals surface area (Å²) in [6.07, 6.45) is 0.808. The monoisotopic (exact) mass is 352 g/mol. The molecule has 0 aliphatic carbocycles. The summed E-state index contributed by atoms with van der Waals surface area (Å²) >= 11 is 1.63. The smallest absolute Gasteiger partial charge is 0.217 e.